The number of benzene rings is 1. The largest absolute Gasteiger partial charge is 0.325 e. The van der Waals surface area contributed by atoms with Gasteiger partial charge in [-0.05, 0) is 24.6 Å². The number of hydrogen-bond donors (Lipinski definition) is 1. The normalized spacial score (nSPS) is 22.3. The maximum atomic E-state index is 12.3. The molecule has 1 aliphatic heterocycles. The van der Waals surface area contributed by atoms with Crippen LogP contribution in [0.25, 0.3) is 0 Å². The average molecular weight is 278 g/mol. The van der Waals surface area contributed by atoms with Crippen LogP contribution in [0.1, 0.15) is 18.9 Å². The van der Waals surface area contributed by atoms with E-state index < -0.39 is 11.6 Å². The molecule has 1 aromatic rings. The van der Waals surface area contributed by atoms with Crippen molar-refractivity contribution in [2.75, 3.05) is 6.54 Å². The van der Waals surface area contributed by atoms with Gasteiger partial charge in [0.2, 0.25) is 0 Å². The molecular formula is C13H12ClN3O2. The predicted octanol–water partition coefficient (Wildman–Crippen LogP) is 2.02. The molecule has 1 heterocycles. The highest BCUT2D eigenvalue weighted by Gasteiger charge is 2.48. The Labute approximate surface area is 115 Å². The molecule has 1 saturated heterocycles. The molecule has 3 amide bonds. The van der Waals surface area contributed by atoms with Gasteiger partial charge in [0.25, 0.3) is 5.91 Å². The molecule has 1 unspecified atom stereocenters. The summed E-state index contributed by atoms with van der Waals surface area (Å²) < 4.78 is 0. The molecule has 19 heavy (non-hydrogen) atoms. The lowest BCUT2D eigenvalue weighted by molar-refractivity contribution is -0.131. The van der Waals surface area contributed by atoms with Gasteiger partial charge >= 0.3 is 6.03 Å². The lowest BCUT2D eigenvalue weighted by Crippen LogP contribution is -2.40. The molecular weight excluding hydrogens is 266 g/mol. The molecule has 1 fully saturated rings. The van der Waals surface area contributed by atoms with Crippen molar-refractivity contribution >= 4 is 23.5 Å². The molecule has 98 valence electrons. The lowest BCUT2D eigenvalue weighted by Gasteiger charge is -2.22. The van der Waals surface area contributed by atoms with E-state index in [4.69, 9.17) is 16.9 Å². The Bertz CT molecular complexity index is 564. The number of carbonyl (C=O) groups excluding carboxylic acids is 2. The number of halogens is 1. The summed E-state index contributed by atoms with van der Waals surface area (Å²) >= 11 is 5.81. The minimum atomic E-state index is -1.10. The first-order chi connectivity index (χ1) is 8.99. The third kappa shape index (κ3) is 2.27. The Morgan fingerprint density at radius 1 is 1.37 bits per heavy atom. The first-order valence-electron chi connectivity index (χ1n) is 5.76. The maximum absolute atomic E-state index is 12.3. The number of amides is 3. The number of nitrogens with zero attached hydrogens (tertiary/aromatic N) is 2. The fourth-order valence-corrected chi connectivity index (χ4v) is 2.17. The molecule has 0 saturated carbocycles. The van der Waals surface area contributed by atoms with Gasteiger partial charge in [0.1, 0.15) is 5.54 Å². The van der Waals surface area contributed by atoms with Gasteiger partial charge in [-0.25, -0.2) is 4.79 Å². The summed E-state index contributed by atoms with van der Waals surface area (Å²) in [6.45, 7) is 1.74. The molecule has 0 aliphatic carbocycles. The number of urea groups is 1. The SMILES string of the molecule is CC1(c2ccc(Cl)cc2)NC(=O)N(CCC#N)C1=O. The Morgan fingerprint density at radius 3 is 2.58 bits per heavy atom. The summed E-state index contributed by atoms with van der Waals surface area (Å²) in [4.78, 5) is 25.2. The van der Waals surface area contributed by atoms with Gasteiger partial charge in [-0.15, -0.1) is 0 Å². The zero-order valence-electron chi connectivity index (χ0n) is 10.3. The van der Waals surface area contributed by atoms with Gasteiger partial charge in [-0.1, -0.05) is 23.7 Å². The quantitative estimate of drug-likeness (QED) is 0.859. The summed E-state index contributed by atoms with van der Waals surface area (Å²) in [5, 5.41) is 11.8. The van der Waals surface area contributed by atoms with Gasteiger partial charge in [-0.3, -0.25) is 9.69 Å². The smallest absolute Gasteiger partial charge is 0.319 e. The van der Waals surface area contributed by atoms with Crippen LogP contribution >= 0.6 is 11.6 Å². The summed E-state index contributed by atoms with van der Waals surface area (Å²) in [6.07, 6.45) is 0.121. The third-order valence-electron chi connectivity index (χ3n) is 3.14. The van der Waals surface area contributed by atoms with Gasteiger partial charge in [0.15, 0.2) is 0 Å². The van der Waals surface area contributed by atoms with E-state index in [9.17, 15) is 9.59 Å². The Morgan fingerprint density at radius 2 is 2.00 bits per heavy atom. The molecule has 0 bridgehead atoms. The molecule has 5 nitrogen and oxygen atoms in total. The highest BCUT2D eigenvalue weighted by Crippen LogP contribution is 2.29. The van der Waals surface area contributed by atoms with Gasteiger partial charge in [0.05, 0.1) is 12.5 Å². The molecule has 6 heteroatoms. The fourth-order valence-electron chi connectivity index (χ4n) is 2.04. The standard InChI is InChI=1S/C13H12ClN3O2/c1-13(9-3-5-10(14)6-4-9)11(18)17(8-2-7-15)12(19)16-13/h3-6H,2,8H2,1H3,(H,16,19). The highest BCUT2D eigenvalue weighted by molar-refractivity contribution is 6.30. The molecule has 1 aromatic carbocycles. The molecule has 1 N–H and O–H groups in total. The van der Waals surface area contributed by atoms with Gasteiger partial charge in [-0.2, -0.15) is 5.26 Å². The molecule has 0 radical (unpaired) electrons. The van der Waals surface area contributed by atoms with Crippen molar-refractivity contribution in [3.05, 3.63) is 34.9 Å². The van der Waals surface area contributed by atoms with E-state index in [0.717, 1.165) is 4.90 Å². The Hall–Kier alpha value is -2.06. The third-order valence-corrected chi connectivity index (χ3v) is 3.40. The summed E-state index contributed by atoms with van der Waals surface area (Å²) in [5.41, 5.74) is -0.438. The van der Waals surface area contributed by atoms with Crippen molar-refractivity contribution in [3.63, 3.8) is 0 Å². The Balaban J connectivity index is 2.30. The zero-order valence-corrected chi connectivity index (χ0v) is 11.1. The van der Waals surface area contributed by atoms with E-state index in [-0.39, 0.29) is 18.9 Å². The molecule has 1 aliphatic rings. The van der Waals surface area contributed by atoms with Gasteiger partial charge < -0.3 is 5.32 Å². The van der Waals surface area contributed by atoms with Crippen LogP contribution in [0.3, 0.4) is 0 Å². The van der Waals surface area contributed by atoms with E-state index in [1.807, 2.05) is 6.07 Å². The van der Waals surface area contributed by atoms with E-state index in [0.29, 0.717) is 10.6 Å². The number of hydrogen-bond acceptors (Lipinski definition) is 3. The van der Waals surface area contributed by atoms with E-state index >= 15 is 0 Å². The maximum Gasteiger partial charge on any atom is 0.325 e. The molecule has 0 spiro atoms. The average Bonchev–Trinajstić information content (AvgIpc) is 2.60. The minimum Gasteiger partial charge on any atom is -0.319 e. The number of carbonyl (C=O) groups is 2. The number of nitriles is 1. The first-order valence-corrected chi connectivity index (χ1v) is 6.14. The monoisotopic (exact) mass is 277 g/mol. The number of nitrogens with one attached hydrogen (secondary N) is 1. The molecule has 1 atom stereocenters. The van der Waals surface area contributed by atoms with Crippen LogP contribution in [0.5, 0.6) is 0 Å². The van der Waals surface area contributed by atoms with Crippen LogP contribution in [0.4, 0.5) is 4.79 Å². The van der Waals surface area contributed by atoms with Crippen LogP contribution in [0.15, 0.2) is 24.3 Å². The van der Waals surface area contributed by atoms with Crippen molar-refractivity contribution in [1.29, 1.82) is 5.26 Å². The van der Waals surface area contributed by atoms with E-state index in [1.165, 1.54) is 0 Å². The number of imide groups is 1. The summed E-state index contributed by atoms with van der Waals surface area (Å²) in [6, 6.07) is 8.18. The van der Waals surface area contributed by atoms with Crippen molar-refractivity contribution in [2.24, 2.45) is 0 Å². The second kappa shape index (κ2) is 4.90. The topological polar surface area (TPSA) is 73.2 Å². The summed E-state index contributed by atoms with van der Waals surface area (Å²) in [5.74, 6) is -0.352. The number of rotatable bonds is 3. The van der Waals surface area contributed by atoms with E-state index in [1.54, 1.807) is 31.2 Å². The first kappa shape index (κ1) is 13.4. The van der Waals surface area contributed by atoms with Crippen LogP contribution in [-0.4, -0.2) is 23.4 Å². The van der Waals surface area contributed by atoms with Crippen LogP contribution in [-0.2, 0) is 10.3 Å². The molecule has 2 rings (SSSR count). The summed E-state index contributed by atoms with van der Waals surface area (Å²) in [7, 11) is 0. The van der Waals surface area contributed by atoms with Crippen molar-refractivity contribution in [3.8, 4) is 6.07 Å². The fraction of sp³-hybridized carbons (Fsp3) is 0.308. The minimum absolute atomic E-state index is 0.102. The highest BCUT2D eigenvalue weighted by atomic mass is 35.5. The van der Waals surface area contributed by atoms with Crippen LogP contribution in [0, 0.1) is 11.3 Å². The lowest BCUT2D eigenvalue weighted by atomic mass is 9.92. The van der Waals surface area contributed by atoms with Crippen LogP contribution < -0.4 is 5.32 Å². The zero-order chi connectivity index (χ0) is 14.0. The predicted molar refractivity (Wildman–Crippen MR) is 69.3 cm³/mol. The van der Waals surface area contributed by atoms with Crippen molar-refractivity contribution in [2.45, 2.75) is 18.9 Å². The molecule has 0 aromatic heterocycles. The Kier molecular flexibility index (Phi) is 3.45. The van der Waals surface area contributed by atoms with Crippen LogP contribution in [0.2, 0.25) is 5.02 Å². The van der Waals surface area contributed by atoms with Crippen molar-refractivity contribution in [1.82, 2.24) is 10.2 Å². The second-order valence-electron chi connectivity index (χ2n) is 4.43. The van der Waals surface area contributed by atoms with Gasteiger partial charge in [0, 0.05) is 11.6 Å². The van der Waals surface area contributed by atoms with Crippen molar-refractivity contribution < 1.29 is 9.59 Å². The second-order valence-corrected chi connectivity index (χ2v) is 4.86. The van der Waals surface area contributed by atoms with E-state index in [2.05, 4.69) is 5.32 Å².